The van der Waals surface area contributed by atoms with Crippen LogP contribution in [0.25, 0.3) is 0 Å². The second-order valence-corrected chi connectivity index (χ2v) is 9.30. The maximum absolute atomic E-state index is 13.0. The van der Waals surface area contributed by atoms with Gasteiger partial charge in [0.1, 0.15) is 0 Å². The van der Waals surface area contributed by atoms with Crippen LogP contribution in [-0.4, -0.2) is 67.7 Å². The summed E-state index contributed by atoms with van der Waals surface area (Å²) in [6.07, 6.45) is 4.04. The summed E-state index contributed by atoms with van der Waals surface area (Å²) < 4.78 is 38.5. The van der Waals surface area contributed by atoms with E-state index in [1.165, 1.54) is 10.6 Å². The Morgan fingerprint density at radius 3 is 2.41 bits per heavy atom. The van der Waals surface area contributed by atoms with E-state index >= 15 is 0 Å². The highest BCUT2D eigenvalue weighted by Crippen LogP contribution is 2.35. The van der Waals surface area contributed by atoms with Gasteiger partial charge < -0.3 is 9.80 Å². The molecule has 0 radical (unpaired) electrons. The number of hydrogen-bond donors (Lipinski definition) is 0. The molecule has 0 aliphatic carbocycles. The maximum Gasteiger partial charge on any atom is 0.253 e. The van der Waals surface area contributed by atoms with Gasteiger partial charge in [-0.15, -0.1) is 0 Å². The third kappa shape index (κ3) is 3.76. The summed E-state index contributed by atoms with van der Waals surface area (Å²) in [5.74, 6) is -0.119. The van der Waals surface area contributed by atoms with Crippen molar-refractivity contribution in [2.75, 3.05) is 41.6 Å². The first-order valence-electron chi connectivity index (χ1n) is 9.38. The molecule has 3 heterocycles. The molecular weight excluding hydrogens is 397 g/mol. The third-order valence-electron chi connectivity index (χ3n) is 5.29. The van der Waals surface area contributed by atoms with Crippen molar-refractivity contribution >= 4 is 27.6 Å². The van der Waals surface area contributed by atoms with Crippen LogP contribution >= 0.6 is 0 Å². The molecule has 0 unspecified atom stereocenters. The smallest absolute Gasteiger partial charge is 0.253 e. The molecule has 0 spiro atoms. The van der Waals surface area contributed by atoms with Crippen molar-refractivity contribution in [3.8, 4) is 0 Å². The third-order valence-corrected chi connectivity index (χ3v) is 6.56. The summed E-state index contributed by atoms with van der Waals surface area (Å²) in [7, 11) is -3.36. The number of amides is 1. The molecule has 10 heteroatoms. The number of aromatic nitrogens is 2. The summed E-state index contributed by atoms with van der Waals surface area (Å²) in [5, 5.41) is 0. The number of piperazine rings is 1. The summed E-state index contributed by atoms with van der Waals surface area (Å²) in [6, 6.07) is 5.04. The van der Waals surface area contributed by atoms with Gasteiger partial charge in [0.2, 0.25) is 16.0 Å². The molecule has 0 saturated carbocycles. The highest BCUT2D eigenvalue weighted by molar-refractivity contribution is 7.92. The lowest BCUT2D eigenvalue weighted by atomic mass is 10.1. The van der Waals surface area contributed by atoms with Crippen LogP contribution in [-0.2, 0) is 16.4 Å². The minimum atomic E-state index is -3.36. The highest BCUT2D eigenvalue weighted by Gasteiger charge is 2.33. The van der Waals surface area contributed by atoms with E-state index in [-0.39, 0.29) is 11.9 Å². The largest absolute Gasteiger partial charge is 0.337 e. The number of halogens is 1. The van der Waals surface area contributed by atoms with Crippen LogP contribution in [0.5, 0.6) is 0 Å². The van der Waals surface area contributed by atoms with Crippen molar-refractivity contribution < 1.29 is 17.6 Å². The van der Waals surface area contributed by atoms with Gasteiger partial charge in [-0.1, -0.05) is 0 Å². The number of sulfonamides is 1. The van der Waals surface area contributed by atoms with E-state index in [4.69, 9.17) is 0 Å². The average molecular weight is 419 g/mol. The van der Waals surface area contributed by atoms with E-state index in [1.54, 1.807) is 23.1 Å². The van der Waals surface area contributed by atoms with Gasteiger partial charge >= 0.3 is 0 Å². The Kier molecular flexibility index (Phi) is 4.89. The number of nitrogens with zero attached hydrogens (tertiary/aromatic N) is 5. The number of hydrogen-bond acceptors (Lipinski definition) is 6. The first-order valence-corrected chi connectivity index (χ1v) is 11.2. The zero-order valence-electron chi connectivity index (χ0n) is 16.2. The minimum absolute atomic E-state index is 0.0852. The number of carbonyl (C=O) groups is 1. The number of rotatable bonds is 3. The van der Waals surface area contributed by atoms with Crippen LogP contribution < -0.4 is 9.21 Å². The second-order valence-electron chi connectivity index (χ2n) is 7.44. The predicted molar refractivity (Wildman–Crippen MR) is 107 cm³/mol. The fraction of sp³-hybridized carbons (Fsp3) is 0.421. The zero-order valence-corrected chi connectivity index (χ0v) is 17.1. The van der Waals surface area contributed by atoms with Crippen LogP contribution in [0.15, 0.2) is 30.6 Å². The monoisotopic (exact) mass is 419 g/mol. The van der Waals surface area contributed by atoms with Gasteiger partial charge in [0.25, 0.3) is 5.91 Å². The standard InChI is InChI=1S/C19H22FN5O3S/c1-13-9-15-10-14(3-4-17(15)25(13)29(2,27)28)18(26)23-5-7-24(8-6-23)19-21-11-16(20)12-22-19/h3-4,10-13H,5-9H2,1-2H3/t13-/m0/s1. The fourth-order valence-corrected chi connectivity index (χ4v) is 5.27. The van der Waals surface area contributed by atoms with E-state index < -0.39 is 15.8 Å². The van der Waals surface area contributed by atoms with Crippen molar-refractivity contribution in [2.24, 2.45) is 0 Å². The van der Waals surface area contributed by atoms with Crippen LogP contribution in [0.1, 0.15) is 22.8 Å². The Balaban J connectivity index is 1.46. The van der Waals surface area contributed by atoms with Gasteiger partial charge in [-0.2, -0.15) is 0 Å². The predicted octanol–water partition coefficient (Wildman–Crippen LogP) is 1.29. The quantitative estimate of drug-likeness (QED) is 0.745. The van der Waals surface area contributed by atoms with Gasteiger partial charge in [0, 0.05) is 37.8 Å². The number of anilines is 2. The summed E-state index contributed by atoms with van der Waals surface area (Å²) in [6.45, 7) is 3.98. The van der Waals surface area contributed by atoms with Gasteiger partial charge in [-0.25, -0.2) is 22.8 Å². The van der Waals surface area contributed by atoms with Crippen molar-refractivity contribution in [1.29, 1.82) is 0 Å². The average Bonchev–Trinajstić information content (AvgIpc) is 3.03. The van der Waals surface area contributed by atoms with E-state index in [2.05, 4.69) is 9.97 Å². The summed E-state index contributed by atoms with van der Waals surface area (Å²) in [4.78, 5) is 24.6. The molecule has 1 aromatic heterocycles. The first kappa shape index (κ1) is 19.6. The molecule has 8 nitrogen and oxygen atoms in total. The topological polar surface area (TPSA) is 86.7 Å². The van der Waals surface area contributed by atoms with Gasteiger partial charge in [-0.05, 0) is 37.1 Å². The number of carbonyl (C=O) groups excluding carboxylic acids is 1. The molecule has 1 atom stereocenters. The van der Waals surface area contributed by atoms with Crippen molar-refractivity contribution in [2.45, 2.75) is 19.4 Å². The Bertz CT molecular complexity index is 1040. The van der Waals surface area contributed by atoms with Gasteiger partial charge in [-0.3, -0.25) is 9.10 Å². The second kappa shape index (κ2) is 7.25. The minimum Gasteiger partial charge on any atom is -0.337 e. The molecule has 2 aromatic rings. The zero-order chi connectivity index (χ0) is 20.8. The number of fused-ring (bicyclic) bond motifs is 1. The van der Waals surface area contributed by atoms with Crippen molar-refractivity contribution in [3.63, 3.8) is 0 Å². The summed E-state index contributed by atoms with van der Waals surface area (Å²) >= 11 is 0. The van der Waals surface area contributed by atoms with Crippen molar-refractivity contribution in [3.05, 3.63) is 47.5 Å². The molecule has 2 aliphatic heterocycles. The molecule has 1 amide bonds. The molecule has 0 bridgehead atoms. The van der Waals surface area contributed by atoms with E-state index in [0.29, 0.717) is 49.8 Å². The Morgan fingerprint density at radius 2 is 1.79 bits per heavy atom. The normalized spacial score (nSPS) is 19.4. The lowest BCUT2D eigenvalue weighted by Crippen LogP contribution is -2.49. The SMILES string of the molecule is C[C@H]1Cc2cc(C(=O)N3CCN(c4ncc(F)cn4)CC3)ccc2N1S(C)(=O)=O. The van der Waals surface area contributed by atoms with Gasteiger partial charge in [0.05, 0.1) is 24.3 Å². The fourth-order valence-electron chi connectivity index (χ4n) is 4.00. The van der Waals surface area contributed by atoms with E-state index in [9.17, 15) is 17.6 Å². The Labute approximate surface area is 169 Å². The lowest BCUT2D eigenvalue weighted by molar-refractivity contribution is 0.0746. The van der Waals surface area contributed by atoms with E-state index in [1.807, 2.05) is 11.8 Å². The Hall–Kier alpha value is -2.75. The molecule has 0 N–H and O–H groups in total. The molecule has 1 fully saturated rings. The van der Waals surface area contributed by atoms with Crippen LogP contribution in [0.4, 0.5) is 16.0 Å². The van der Waals surface area contributed by atoms with Crippen LogP contribution in [0.3, 0.4) is 0 Å². The van der Waals surface area contributed by atoms with Crippen LogP contribution in [0, 0.1) is 5.82 Å². The molecule has 154 valence electrons. The van der Waals surface area contributed by atoms with Gasteiger partial charge in [0.15, 0.2) is 5.82 Å². The van der Waals surface area contributed by atoms with Crippen molar-refractivity contribution in [1.82, 2.24) is 14.9 Å². The molecular formula is C19H22FN5O3S. The Morgan fingerprint density at radius 1 is 1.14 bits per heavy atom. The first-order chi connectivity index (χ1) is 13.7. The van der Waals surface area contributed by atoms with Crippen LogP contribution in [0.2, 0.25) is 0 Å². The molecule has 4 rings (SSSR count). The lowest BCUT2D eigenvalue weighted by Gasteiger charge is -2.34. The molecule has 1 aromatic carbocycles. The van der Waals surface area contributed by atoms with E-state index in [0.717, 1.165) is 18.0 Å². The highest BCUT2D eigenvalue weighted by atomic mass is 32.2. The molecule has 1 saturated heterocycles. The molecule has 29 heavy (non-hydrogen) atoms. The number of benzene rings is 1. The summed E-state index contributed by atoms with van der Waals surface area (Å²) in [5.41, 5.74) is 2.07. The maximum atomic E-state index is 13.0. The molecule has 2 aliphatic rings.